The Labute approximate surface area is 319 Å². The third-order valence-corrected chi connectivity index (χ3v) is 9.90. The van der Waals surface area contributed by atoms with E-state index in [1.54, 1.807) is 13.8 Å². The van der Waals surface area contributed by atoms with E-state index in [0.717, 1.165) is 54.9 Å². The van der Waals surface area contributed by atoms with Crippen molar-refractivity contribution < 1.29 is 38.7 Å². The average Bonchev–Trinajstić information content (AvgIpc) is 3.50. The molecule has 0 saturated carbocycles. The van der Waals surface area contributed by atoms with Crippen LogP contribution in [0.4, 0.5) is 0 Å². The SMILES string of the molecule is C=C(C)C(=O)OCC(O)COc1cccc2c(C3(c4cccc5c(OCC(O)COC(=O)C(=C)C)cccc45)c4ccccc4-c4ccccc43)cccc12. The highest BCUT2D eigenvalue weighted by molar-refractivity contribution is 6.01. The topological polar surface area (TPSA) is 112 Å². The van der Waals surface area contributed by atoms with E-state index < -0.39 is 29.6 Å². The quantitative estimate of drug-likeness (QED) is 0.0853. The van der Waals surface area contributed by atoms with Crippen molar-refractivity contribution in [3.8, 4) is 22.6 Å². The molecule has 0 fully saturated rings. The van der Waals surface area contributed by atoms with Crippen LogP contribution in [0.3, 0.4) is 0 Å². The Balaban J connectivity index is 1.35. The number of ether oxygens (including phenoxy) is 4. The maximum Gasteiger partial charge on any atom is 0.333 e. The van der Waals surface area contributed by atoms with Crippen LogP contribution < -0.4 is 9.47 Å². The van der Waals surface area contributed by atoms with Gasteiger partial charge in [0, 0.05) is 21.9 Å². The number of esters is 2. The second-order valence-corrected chi connectivity index (χ2v) is 13.8. The molecule has 0 radical (unpaired) electrons. The van der Waals surface area contributed by atoms with Crippen molar-refractivity contribution in [3.63, 3.8) is 0 Å². The number of aliphatic hydroxyl groups excluding tert-OH is 2. The Bertz CT molecular complexity index is 2280. The van der Waals surface area contributed by atoms with Gasteiger partial charge in [0.2, 0.25) is 0 Å². The number of benzene rings is 6. The Morgan fingerprint density at radius 1 is 0.509 bits per heavy atom. The van der Waals surface area contributed by atoms with Crippen molar-refractivity contribution in [1.29, 1.82) is 0 Å². The number of rotatable bonds is 14. The van der Waals surface area contributed by atoms with Crippen molar-refractivity contribution in [2.75, 3.05) is 26.4 Å². The van der Waals surface area contributed by atoms with Gasteiger partial charge in [0.15, 0.2) is 0 Å². The minimum Gasteiger partial charge on any atom is -0.490 e. The summed E-state index contributed by atoms with van der Waals surface area (Å²) in [6.07, 6.45) is -2.08. The highest BCUT2D eigenvalue weighted by Crippen LogP contribution is 2.58. The van der Waals surface area contributed by atoms with Crippen LogP contribution in [0.5, 0.6) is 11.5 Å². The largest absolute Gasteiger partial charge is 0.490 e. The van der Waals surface area contributed by atoms with Crippen LogP contribution in [0, 0.1) is 0 Å². The van der Waals surface area contributed by atoms with E-state index in [-0.39, 0.29) is 37.6 Å². The van der Waals surface area contributed by atoms with E-state index in [4.69, 9.17) is 18.9 Å². The molecular weight excluding hydrogens is 693 g/mol. The second-order valence-electron chi connectivity index (χ2n) is 13.8. The third-order valence-electron chi connectivity index (χ3n) is 9.90. The van der Waals surface area contributed by atoms with E-state index in [0.29, 0.717) is 11.5 Å². The van der Waals surface area contributed by atoms with Gasteiger partial charge in [0.1, 0.15) is 50.1 Å². The summed E-state index contributed by atoms with van der Waals surface area (Å²) in [5.74, 6) is 0.0334. The van der Waals surface area contributed by atoms with Crippen LogP contribution in [-0.2, 0) is 24.5 Å². The highest BCUT2D eigenvalue weighted by Gasteiger charge is 2.47. The first-order valence-corrected chi connectivity index (χ1v) is 18.1. The van der Waals surface area contributed by atoms with Gasteiger partial charge in [-0.3, -0.25) is 0 Å². The normalized spacial score (nSPS) is 13.7. The van der Waals surface area contributed by atoms with E-state index >= 15 is 0 Å². The van der Waals surface area contributed by atoms with Gasteiger partial charge in [-0.15, -0.1) is 0 Å². The molecule has 55 heavy (non-hydrogen) atoms. The third kappa shape index (κ3) is 6.98. The van der Waals surface area contributed by atoms with Crippen LogP contribution in [-0.4, -0.2) is 60.8 Å². The molecule has 1 aliphatic rings. The lowest BCUT2D eigenvalue weighted by atomic mass is 9.65. The fourth-order valence-electron chi connectivity index (χ4n) is 7.49. The van der Waals surface area contributed by atoms with Gasteiger partial charge >= 0.3 is 11.9 Å². The first-order chi connectivity index (χ1) is 26.6. The summed E-state index contributed by atoms with van der Waals surface area (Å²) in [4.78, 5) is 23.8. The molecule has 0 heterocycles. The zero-order valence-electron chi connectivity index (χ0n) is 30.8. The predicted octanol–water partition coefficient (Wildman–Crippen LogP) is 8.07. The number of fused-ring (bicyclic) bond motifs is 5. The van der Waals surface area contributed by atoms with Crippen LogP contribution in [0.1, 0.15) is 36.1 Å². The highest BCUT2D eigenvalue weighted by atomic mass is 16.6. The van der Waals surface area contributed by atoms with Crippen LogP contribution in [0.15, 0.2) is 146 Å². The van der Waals surface area contributed by atoms with E-state index in [9.17, 15) is 19.8 Å². The van der Waals surface area contributed by atoms with Crippen molar-refractivity contribution >= 4 is 33.5 Å². The number of hydrogen-bond donors (Lipinski definition) is 2. The van der Waals surface area contributed by atoms with Crippen LogP contribution in [0.2, 0.25) is 0 Å². The monoisotopic (exact) mass is 734 g/mol. The Kier molecular flexibility index (Phi) is 10.5. The molecule has 8 heteroatoms. The smallest absolute Gasteiger partial charge is 0.333 e. The molecule has 6 aromatic rings. The fourth-order valence-corrected chi connectivity index (χ4v) is 7.49. The minimum atomic E-state index is -1.04. The van der Waals surface area contributed by atoms with Gasteiger partial charge in [-0.05, 0) is 70.1 Å². The van der Waals surface area contributed by atoms with Crippen molar-refractivity contribution in [1.82, 2.24) is 0 Å². The molecular formula is C47H42O8. The number of carbonyl (C=O) groups is 2. The summed E-state index contributed by atoms with van der Waals surface area (Å²) in [5.41, 5.74) is 6.30. The molecule has 7 rings (SSSR count). The van der Waals surface area contributed by atoms with Crippen molar-refractivity contribution in [3.05, 3.63) is 168 Å². The number of aliphatic hydroxyl groups is 2. The molecule has 278 valence electrons. The minimum absolute atomic E-state index is 0.0826. The molecule has 0 aromatic heterocycles. The molecule has 6 aromatic carbocycles. The molecule has 1 aliphatic carbocycles. The fraction of sp³-hybridized carbons (Fsp3) is 0.191. The average molecular weight is 735 g/mol. The van der Waals surface area contributed by atoms with Gasteiger partial charge in [0.25, 0.3) is 0 Å². The number of hydrogen-bond acceptors (Lipinski definition) is 8. The molecule has 0 spiro atoms. The van der Waals surface area contributed by atoms with E-state index in [1.807, 2.05) is 48.5 Å². The predicted molar refractivity (Wildman–Crippen MR) is 213 cm³/mol. The Morgan fingerprint density at radius 2 is 0.873 bits per heavy atom. The Hall–Kier alpha value is -6.22. The lowest BCUT2D eigenvalue weighted by molar-refractivity contribution is -0.143. The second kappa shape index (κ2) is 15.6. The first kappa shape index (κ1) is 37.1. The Morgan fingerprint density at radius 3 is 1.29 bits per heavy atom. The first-order valence-electron chi connectivity index (χ1n) is 18.1. The van der Waals surface area contributed by atoms with E-state index in [1.165, 1.54) is 0 Å². The maximum atomic E-state index is 11.9. The van der Waals surface area contributed by atoms with Gasteiger partial charge in [-0.1, -0.05) is 122 Å². The van der Waals surface area contributed by atoms with Gasteiger partial charge in [-0.25, -0.2) is 9.59 Å². The summed E-state index contributed by atoms with van der Waals surface area (Å²) in [5, 5.41) is 24.9. The molecule has 0 saturated heterocycles. The van der Waals surface area contributed by atoms with Gasteiger partial charge in [-0.2, -0.15) is 0 Å². The van der Waals surface area contributed by atoms with Crippen molar-refractivity contribution in [2.24, 2.45) is 0 Å². The van der Waals surface area contributed by atoms with Crippen LogP contribution in [0.25, 0.3) is 32.7 Å². The molecule has 0 aliphatic heterocycles. The molecule has 8 nitrogen and oxygen atoms in total. The van der Waals surface area contributed by atoms with Gasteiger partial charge in [0.05, 0.1) is 5.41 Å². The summed E-state index contributed by atoms with van der Waals surface area (Å²) >= 11 is 0. The van der Waals surface area contributed by atoms with Crippen LogP contribution >= 0.6 is 0 Å². The molecule has 2 unspecified atom stereocenters. The maximum absolute atomic E-state index is 11.9. The van der Waals surface area contributed by atoms with Gasteiger partial charge < -0.3 is 29.2 Å². The lowest BCUT2D eigenvalue weighted by Crippen LogP contribution is -2.29. The standard InChI is InChI=1S/C47H42O8/c1-29(2)45(50)54-27-31(48)25-52-43-23-11-15-35-37(43)17-9-21-41(35)47(39-19-7-5-13-33(39)34-14-6-8-20-40(34)47)42-22-10-18-38-36(42)16-12-24-44(38)53-26-32(49)28-55-46(51)30(3)4/h5-24,31-32,48-49H,1,3,25-28H2,2,4H3. The summed E-state index contributed by atoms with van der Waals surface area (Å²) in [6.45, 7) is 9.69. The summed E-state index contributed by atoms with van der Waals surface area (Å²) in [6, 6.07) is 41.2. The zero-order valence-corrected chi connectivity index (χ0v) is 30.8. The molecule has 0 bridgehead atoms. The summed E-state index contributed by atoms with van der Waals surface area (Å²) < 4.78 is 22.7. The number of carbonyl (C=O) groups excluding carboxylic acids is 2. The molecule has 0 amide bonds. The molecule has 2 atom stereocenters. The lowest BCUT2D eigenvalue weighted by Gasteiger charge is -2.36. The van der Waals surface area contributed by atoms with Crippen molar-refractivity contribution in [2.45, 2.75) is 31.5 Å². The summed E-state index contributed by atoms with van der Waals surface area (Å²) in [7, 11) is 0. The molecule has 2 N–H and O–H groups in total. The van der Waals surface area contributed by atoms with E-state index in [2.05, 4.69) is 86.0 Å². The zero-order chi connectivity index (χ0) is 38.7.